The van der Waals surface area contributed by atoms with E-state index in [2.05, 4.69) is 20.9 Å². The van der Waals surface area contributed by atoms with Gasteiger partial charge in [-0.15, -0.1) is 0 Å². The SMILES string of the molecule is OCc1c(I)cnc(C(F)F)c1CBr. The van der Waals surface area contributed by atoms with Gasteiger partial charge < -0.3 is 5.11 Å². The predicted octanol–water partition coefficient (Wildman–Crippen LogP) is 3.01. The summed E-state index contributed by atoms with van der Waals surface area (Å²) in [6.45, 7) is -0.249. The fraction of sp³-hybridized carbons (Fsp3) is 0.375. The molecule has 0 saturated carbocycles. The first-order chi connectivity index (χ1) is 6.61. The van der Waals surface area contributed by atoms with E-state index in [0.29, 0.717) is 14.7 Å². The van der Waals surface area contributed by atoms with Crippen molar-refractivity contribution >= 4 is 38.5 Å². The molecule has 0 aliphatic heterocycles. The van der Waals surface area contributed by atoms with Crippen LogP contribution in [0.15, 0.2) is 6.20 Å². The summed E-state index contributed by atoms with van der Waals surface area (Å²) in [6.07, 6.45) is -1.26. The third-order valence-electron chi connectivity index (χ3n) is 1.78. The average Bonchev–Trinajstić information content (AvgIpc) is 2.16. The lowest BCUT2D eigenvalue weighted by atomic mass is 10.1. The Hall–Kier alpha value is 0.180. The largest absolute Gasteiger partial charge is 0.392 e. The maximum Gasteiger partial charge on any atom is 0.280 e. The quantitative estimate of drug-likeness (QED) is 0.648. The molecule has 0 spiro atoms. The Labute approximate surface area is 102 Å². The Balaban J connectivity index is 3.33. The fourth-order valence-electron chi connectivity index (χ4n) is 1.09. The maximum atomic E-state index is 12.5. The summed E-state index contributed by atoms with van der Waals surface area (Å²) in [4.78, 5) is 3.66. The van der Waals surface area contributed by atoms with Crippen molar-refractivity contribution in [3.05, 3.63) is 26.6 Å². The zero-order valence-corrected chi connectivity index (χ0v) is 10.7. The molecule has 0 saturated heterocycles. The fourth-order valence-corrected chi connectivity index (χ4v) is 2.35. The van der Waals surface area contributed by atoms with Gasteiger partial charge in [0.15, 0.2) is 0 Å². The van der Waals surface area contributed by atoms with Gasteiger partial charge in [0.1, 0.15) is 5.69 Å². The summed E-state index contributed by atoms with van der Waals surface area (Å²) >= 11 is 5.08. The number of nitrogens with zero attached hydrogens (tertiary/aromatic N) is 1. The Morgan fingerprint density at radius 1 is 1.50 bits per heavy atom. The first kappa shape index (κ1) is 12.3. The lowest BCUT2D eigenvalue weighted by Gasteiger charge is -2.11. The van der Waals surface area contributed by atoms with Crippen molar-refractivity contribution in [1.29, 1.82) is 0 Å². The van der Waals surface area contributed by atoms with Crippen LogP contribution in [0.2, 0.25) is 0 Å². The molecule has 0 radical (unpaired) electrons. The van der Waals surface area contributed by atoms with Crippen molar-refractivity contribution in [1.82, 2.24) is 4.98 Å². The van der Waals surface area contributed by atoms with Crippen LogP contribution in [0.5, 0.6) is 0 Å². The number of hydrogen-bond acceptors (Lipinski definition) is 2. The Morgan fingerprint density at radius 3 is 2.57 bits per heavy atom. The molecule has 14 heavy (non-hydrogen) atoms. The maximum absolute atomic E-state index is 12.5. The highest BCUT2D eigenvalue weighted by Gasteiger charge is 2.18. The molecule has 1 aromatic rings. The normalized spacial score (nSPS) is 11.0. The predicted molar refractivity (Wildman–Crippen MR) is 60.5 cm³/mol. The van der Waals surface area contributed by atoms with Gasteiger partial charge in [0.25, 0.3) is 6.43 Å². The first-order valence-electron chi connectivity index (χ1n) is 3.73. The minimum atomic E-state index is -2.61. The lowest BCUT2D eigenvalue weighted by molar-refractivity contribution is 0.144. The van der Waals surface area contributed by atoms with E-state index in [9.17, 15) is 8.78 Å². The van der Waals surface area contributed by atoms with E-state index >= 15 is 0 Å². The third-order valence-corrected chi connectivity index (χ3v) is 3.27. The average molecular weight is 378 g/mol. The van der Waals surface area contributed by atoms with Gasteiger partial charge in [-0.25, -0.2) is 8.78 Å². The summed E-state index contributed by atoms with van der Waals surface area (Å²) in [7, 11) is 0. The van der Waals surface area contributed by atoms with Gasteiger partial charge in [0.2, 0.25) is 0 Å². The Bertz CT molecular complexity index is 335. The number of aliphatic hydroxyl groups is 1. The summed E-state index contributed by atoms with van der Waals surface area (Å²) in [5, 5.41) is 9.31. The Kier molecular flexibility index (Phi) is 4.65. The van der Waals surface area contributed by atoms with Crippen LogP contribution >= 0.6 is 38.5 Å². The van der Waals surface area contributed by atoms with Gasteiger partial charge in [-0.2, -0.15) is 0 Å². The van der Waals surface area contributed by atoms with Crippen molar-refractivity contribution in [2.24, 2.45) is 0 Å². The molecule has 0 aromatic carbocycles. The number of aliphatic hydroxyl groups excluding tert-OH is 1. The molecule has 1 aromatic heterocycles. The van der Waals surface area contributed by atoms with Gasteiger partial charge in [-0.3, -0.25) is 4.98 Å². The number of aromatic nitrogens is 1. The molecule has 78 valence electrons. The van der Waals surface area contributed by atoms with E-state index < -0.39 is 6.43 Å². The number of rotatable bonds is 3. The molecule has 0 aliphatic carbocycles. The molecular weight excluding hydrogens is 371 g/mol. The van der Waals surface area contributed by atoms with Crippen LogP contribution in [0, 0.1) is 3.57 Å². The molecule has 0 fully saturated rings. The number of alkyl halides is 3. The highest BCUT2D eigenvalue weighted by molar-refractivity contribution is 14.1. The highest BCUT2D eigenvalue weighted by atomic mass is 127. The second-order valence-electron chi connectivity index (χ2n) is 2.54. The van der Waals surface area contributed by atoms with Gasteiger partial charge in [0.05, 0.1) is 6.61 Å². The van der Waals surface area contributed by atoms with Crippen molar-refractivity contribution < 1.29 is 13.9 Å². The van der Waals surface area contributed by atoms with Gasteiger partial charge >= 0.3 is 0 Å². The third kappa shape index (κ3) is 2.40. The topological polar surface area (TPSA) is 33.1 Å². The van der Waals surface area contributed by atoms with E-state index in [-0.39, 0.29) is 17.6 Å². The molecule has 1 heterocycles. The summed E-state index contributed by atoms with van der Waals surface area (Å²) in [5.41, 5.74) is 0.647. The molecule has 0 unspecified atom stereocenters. The zero-order valence-electron chi connectivity index (χ0n) is 6.98. The summed E-state index contributed by atoms with van der Waals surface area (Å²) < 4.78 is 25.7. The van der Waals surface area contributed by atoms with E-state index in [4.69, 9.17) is 5.11 Å². The molecule has 1 N–H and O–H groups in total. The molecule has 0 atom stereocenters. The lowest BCUT2D eigenvalue weighted by Crippen LogP contribution is -2.04. The van der Waals surface area contributed by atoms with Crippen LogP contribution in [-0.2, 0) is 11.9 Å². The van der Waals surface area contributed by atoms with E-state index in [1.165, 1.54) is 6.20 Å². The second kappa shape index (κ2) is 5.32. The smallest absolute Gasteiger partial charge is 0.280 e. The molecular formula is C8H7BrF2INO. The second-order valence-corrected chi connectivity index (χ2v) is 4.26. The van der Waals surface area contributed by atoms with E-state index in [0.717, 1.165) is 0 Å². The number of hydrogen-bond donors (Lipinski definition) is 1. The molecule has 2 nitrogen and oxygen atoms in total. The number of pyridine rings is 1. The van der Waals surface area contributed by atoms with Crippen molar-refractivity contribution in [3.63, 3.8) is 0 Å². The first-order valence-corrected chi connectivity index (χ1v) is 5.93. The van der Waals surface area contributed by atoms with Crippen molar-refractivity contribution in [3.8, 4) is 0 Å². The molecule has 0 aliphatic rings. The van der Waals surface area contributed by atoms with Crippen LogP contribution < -0.4 is 0 Å². The van der Waals surface area contributed by atoms with E-state index in [1.54, 1.807) is 0 Å². The minimum Gasteiger partial charge on any atom is -0.392 e. The van der Waals surface area contributed by atoms with E-state index in [1.807, 2.05) is 22.6 Å². The molecule has 6 heteroatoms. The van der Waals surface area contributed by atoms with Crippen LogP contribution in [0.4, 0.5) is 8.78 Å². The van der Waals surface area contributed by atoms with Crippen LogP contribution in [0.1, 0.15) is 23.2 Å². The van der Waals surface area contributed by atoms with Gasteiger partial charge in [-0.05, 0) is 33.7 Å². The molecule has 1 rings (SSSR count). The molecule has 0 amide bonds. The zero-order chi connectivity index (χ0) is 10.7. The van der Waals surface area contributed by atoms with Gasteiger partial charge in [-0.1, -0.05) is 15.9 Å². The van der Waals surface area contributed by atoms with Crippen molar-refractivity contribution in [2.75, 3.05) is 0 Å². The van der Waals surface area contributed by atoms with Crippen LogP contribution in [-0.4, -0.2) is 10.1 Å². The van der Waals surface area contributed by atoms with Crippen LogP contribution in [0.3, 0.4) is 0 Å². The monoisotopic (exact) mass is 377 g/mol. The van der Waals surface area contributed by atoms with Gasteiger partial charge in [0, 0.05) is 15.1 Å². The Morgan fingerprint density at radius 2 is 2.14 bits per heavy atom. The summed E-state index contributed by atoms with van der Waals surface area (Å²) in [5.74, 6) is 0. The minimum absolute atomic E-state index is 0.249. The standard InChI is InChI=1S/C8H7BrF2INO/c9-1-4-5(3-14)6(12)2-13-7(4)8(10)11/h2,8,14H,1,3H2. The molecule has 0 bridgehead atoms. The van der Waals surface area contributed by atoms with Crippen LogP contribution in [0.25, 0.3) is 0 Å². The highest BCUT2D eigenvalue weighted by Crippen LogP contribution is 2.28. The van der Waals surface area contributed by atoms with Crippen molar-refractivity contribution in [2.45, 2.75) is 18.4 Å². The summed E-state index contributed by atoms with van der Waals surface area (Å²) in [6, 6.07) is 0. The number of halogens is 4.